The molecule has 6 nitrogen and oxygen atoms in total. The number of aromatic nitrogens is 1. The molecule has 1 aromatic rings. The summed E-state index contributed by atoms with van der Waals surface area (Å²) in [5, 5.41) is 6.11. The summed E-state index contributed by atoms with van der Waals surface area (Å²) in [7, 11) is 0. The van der Waals surface area contributed by atoms with E-state index in [1.807, 2.05) is 19.1 Å². The van der Waals surface area contributed by atoms with Crippen LogP contribution in [-0.2, 0) is 16.1 Å². The summed E-state index contributed by atoms with van der Waals surface area (Å²) in [6.45, 7) is 3.71. The summed E-state index contributed by atoms with van der Waals surface area (Å²) >= 11 is 0. The quantitative estimate of drug-likeness (QED) is 0.853. The van der Waals surface area contributed by atoms with Crippen molar-refractivity contribution in [3.05, 3.63) is 30.1 Å². The van der Waals surface area contributed by atoms with Crippen molar-refractivity contribution in [2.45, 2.75) is 38.6 Å². The Morgan fingerprint density at radius 2 is 2.30 bits per heavy atom. The van der Waals surface area contributed by atoms with Crippen LogP contribution < -0.4 is 10.6 Å². The van der Waals surface area contributed by atoms with E-state index < -0.39 is 6.09 Å². The molecule has 0 bridgehead atoms. The molecule has 1 amide bonds. The molecule has 1 aliphatic heterocycles. The Morgan fingerprint density at radius 1 is 1.50 bits per heavy atom. The molecule has 0 aromatic carbocycles. The number of nitrogens with zero attached hydrogens (tertiary/aromatic N) is 1. The molecule has 20 heavy (non-hydrogen) atoms. The van der Waals surface area contributed by atoms with Gasteiger partial charge in [-0.3, -0.25) is 10.3 Å². The van der Waals surface area contributed by atoms with Crippen molar-refractivity contribution in [3.63, 3.8) is 0 Å². The molecule has 1 fully saturated rings. The van der Waals surface area contributed by atoms with E-state index >= 15 is 0 Å². The monoisotopic (exact) mass is 279 g/mol. The Kier molecular flexibility index (Phi) is 5.76. The van der Waals surface area contributed by atoms with E-state index in [1.165, 1.54) is 0 Å². The number of pyridine rings is 1. The molecule has 0 saturated carbocycles. The van der Waals surface area contributed by atoms with Gasteiger partial charge in [0.25, 0.3) is 0 Å². The number of carbonyl (C=O) groups is 1. The Bertz CT molecular complexity index is 411. The second-order valence-electron chi connectivity index (χ2n) is 4.65. The smallest absolute Gasteiger partial charge is 0.407 e. The topological polar surface area (TPSA) is 72.5 Å². The average Bonchev–Trinajstić information content (AvgIpc) is 2.49. The number of hydrogen-bond donors (Lipinski definition) is 2. The molecule has 1 aromatic heterocycles. The van der Waals surface area contributed by atoms with Gasteiger partial charge in [-0.25, -0.2) is 4.79 Å². The summed E-state index contributed by atoms with van der Waals surface area (Å²) in [5.74, 6) is 0. The Morgan fingerprint density at radius 3 is 3.05 bits per heavy atom. The summed E-state index contributed by atoms with van der Waals surface area (Å²) in [6.07, 6.45) is 4.70. The number of nitrogens with one attached hydrogen (secondary N) is 2. The summed E-state index contributed by atoms with van der Waals surface area (Å²) in [4.78, 5) is 15.7. The van der Waals surface area contributed by atoms with Gasteiger partial charge in [-0.1, -0.05) is 0 Å². The van der Waals surface area contributed by atoms with Crippen LogP contribution in [0.5, 0.6) is 0 Å². The first-order valence-electron chi connectivity index (χ1n) is 6.96. The Balaban J connectivity index is 1.78. The van der Waals surface area contributed by atoms with E-state index in [9.17, 15) is 4.79 Å². The van der Waals surface area contributed by atoms with Crippen LogP contribution in [0.25, 0.3) is 0 Å². The van der Waals surface area contributed by atoms with Gasteiger partial charge in [0.2, 0.25) is 0 Å². The minimum Gasteiger partial charge on any atom is -0.445 e. The highest BCUT2D eigenvalue weighted by Crippen LogP contribution is 2.10. The van der Waals surface area contributed by atoms with E-state index in [2.05, 4.69) is 15.6 Å². The van der Waals surface area contributed by atoms with E-state index in [0.29, 0.717) is 6.61 Å². The Labute approximate surface area is 118 Å². The maximum absolute atomic E-state index is 11.8. The zero-order valence-corrected chi connectivity index (χ0v) is 11.7. The SMILES string of the molecule is CCOC1NCCCC1NC(=O)OCc1ccncc1. The van der Waals surface area contributed by atoms with Crippen molar-refractivity contribution in [3.8, 4) is 0 Å². The van der Waals surface area contributed by atoms with Crippen LogP contribution in [0.4, 0.5) is 4.79 Å². The first-order chi connectivity index (χ1) is 9.79. The van der Waals surface area contributed by atoms with Gasteiger partial charge in [-0.05, 0) is 44.0 Å². The van der Waals surface area contributed by atoms with Crippen molar-refractivity contribution in [1.29, 1.82) is 0 Å². The fourth-order valence-corrected chi connectivity index (χ4v) is 2.18. The predicted octanol–water partition coefficient (Wildman–Crippen LogP) is 1.42. The fourth-order valence-electron chi connectivity index (χ4n) is 2.18. The number of piperidine rings is 1. The first kappa shape index (κ1) is 14.7. The van der Waals surface area contributed by atoms with Gasteiger partial charge < -0.3 is 14.8 Å². The molecule has 1 aliphatic rings. The lowest BCUT2D eigenvalue weighted by Gasteiger charge is -2.32. The van der Waals surface area contributed by atoms with Crippen LogP contribution in [0.2, 0.25) is 0 Å². The molecule has 2 heterocycles. The minimum atomic E-state index is -0.416. The summed E-state index contributed by atoms with van der Waals surface area (Å²) in [5.41, 5.74) is 0.915. The fraction of sp³-hybridized carbons (Fsp3) is 0.571. The number of amides is 1. The van der Waals surface area contributed by atoms with E-state index in [-0.39, 0.29) is 18.9 Å². The zero-order chi connectivity index (χ0) is 14.2. The van der Waals surface area contributed by atoms with Gasteiger partial charge in [0.05, 0.1) is 6.04 Å². The molecule has 110 valence electrons. The van der Waals surface area contributed by atoms with Gasteiger partial charge in [-0.15, -0.1) is 0 Å². The van der Waals surface area contributed by atoms with E-state index in [4.69, 9.17) is 9.47 Å². The number of alkyl carbamates (subject to hydrolysis) is 1. The molecule has 2 rings (SSSR count). The maximum Gasteiger partial charge on any atom is 0.407 e. The second-order valence-corrected chi connectivity index (χ2v) is 4.65. The standard InChI is InChI=1S/C14H21N3O3/c1-2-19-13-12(4-3-7-16-13)17-14(18)20-10-11-5-8-15-9-6-11/h5-6,8-9,12-13,16H,2-4,7,10H2,1H3,(H,17,18). The number of rotatable bonds is 5. The van der Waals surface area contributed by atoms with Gasteiger partial charge in [0.15, 0.2) is 0 Å². The molecule has 2 atom stereocenters. The highest BCUT2D eigenvalue weighted by atomic mass is 16.5. The number of carbonyl (C=O) groups excluding carboxylic acids is 1. The third kappa shape index (κ3) is 4.47. The minimum absolute atomic E-state index is 0.0476. The van der Waals surface area contributed by atoms with Crippen molar-refractivity contribution < 1.29 is 14.3 Å². The molecule has 0 spiro atoms. The van der Waals surface area contributed by atoms with Crippen LogP contribution >= 0.6 is 0 Å². The number of ether oxygens (including phenoxy) is 2. The third-order valence-corrected chi connectivity index (χ3v) is 3.17. The highest BCUT2D eigenvalue weighted by molar-refractivity contribution is 5.67. The molecule has 2 N–H and O–H groups in total. The Hall–Kier alpha value is -1.66. The molecule has 0 aliphatic carbocycles. The van der Waals surface area contributed by atoms with Crippen LogP contribution in [-0.4, -0.2) is 36.5 Å². The van der Waals surface area contributed by atoms with E-state index in [1.54, 1.807) is 12.4 Å². The normalized spacial score (nSPS) is 22.2. The van der Waals surface area contributed by atoms with Gasteiger partial charge in [0.1, 0.15) is 12.8 Å². The molecule has 6 heteroatoms. The van der Waals surface area contributed by atoms with Crippen LogP contribution in [0.1, 0.15) is 25.3 Å². The van der Waals surface area contributed by atoms with Crippen molar-refractivity contribution >= 4 is 6.09 Å². The highest BCUT2D eigenvalue weighted by Gasteiger charge is 2.26. The van der Waals surface area contributed by atoms with Crippen molar-refractivity contribution in [1.82, 2.24) is 15.6 Å². The molecule has 0 radical (unpaired) electrons. The number of hydrogen-bond acceptors (Lipinski definition) is 5. The van der Waals surface area contributed by atoms with Gasteiger partial charge >= 0.3 is 6.09 Å². The van der Waals surface area contributed by atoms with Crippen LogP contribution in [0.15, 0.2) is 24.5 Å². The molecule has 2 unspecified atom stereocenters. The average molecular weight is 279 g/mol. The van der Waals surface area contributed by atoms with Crippen molar-refractivity contribution in [2.24, 2.45) is 0 Å². The van der Waals surface area contributed by atoms with Crippen LogP contribution in [0, 0.1) is 0 Å². The van der Waals surface area contributed by atoms with Gasteiger partial charge in [0, 0.05) is 19.0 Å². The van der Waals surface area contributed by atoms with Crippen molar-refractivity contribution in [2.75, 3.05) is 13.2 Å². The predicted molar refractivity (Wildman–Crippen MR) is 74.0 cm³/mol. The van der Waals surface area contributed by atoms with Gasteiger partial charge in [-0.2, -0.15) is 0 Å². The largest absolute Gasteiger partial charge is 0.445 e. The van der Waals surface area contributed by atoms with E-state index in [0.717, 1.165) is 24.9 Å². The zero-order valence-electron chi connectivity index (χ0n) is 11.7. The summed E-state index contributed by atoms with van der Waals surface area (Å²) in [6, 6.07) is 3.59. The third-order valence-electron chi connectivity index (χ3n) is 3.17. The lowest BCUT2D eigenvalue weighted by molar-refractivity contribution is -0.00436. The lowest BCUT2D eigenvalue weighted by atomic mass is 10.1. The summed E-state index contributed by atoms with van der Waals surface area (Å²) < 4.78 is 10.8. The molecular weight excluding hydrogens is 258 g/mol. The maximum atomic E-state index is 11.8. The van der Waals surface area contributed by atoms with Crippen LogP contribution in [0.3, 0.4) is 0 Å². The molecule has 1 saturated heterocycles. The second kappa shape index (κ2) is 7.81. The molecular formula is C14H21N3O3. The first-order valence-corrected chi connectivity index (χ1v) is 6.96. The lowest BCUT2D eigenvalue weighted by Crippen LogP contribution is -2.54.